The molecule has 0 saturated carbocycles. The molecular weight excluding hydrogens is 218 g/mol. The molecule has 0 saturated heterocycles. The third-order valence-electron chi connectivity index (χ3n) is 2.16. The van der Waals surface area contributed by atoms with Crippen molar-refractivity contribution in [1.82, 2.24) is 14.8 Å². The summed E-state index contributed by atoms with van der Waals surface area (Å²) in [5, 5.41) is 6.60. The van der Waals surface area contributed by atoms with Crippen molar-refractivity contribution in [3.63, 3.8) is 0 Å². The summed E-state index contributed by atoms with van der Waals surface area (Å²) in [6.07, 6.45) is 1.42. The Labute approximate surface area is 98.5 Å². The van der Waals surface area contributed by atoms with E-state index in [0.717, 1.165) is 11.3 Å². The molecule has 0 fully saturated rings. The Bertz CT molecular complexity index is 534. The number of nitrogen functional groups attached to an aromatic ring is 1. The number of hydrogen-bond acceptors (Lipinski definition) is 4. The van der Waals surface area contributed by atoms with E-state index in [0.29, 0.717) is 0 Å². The Kier molecular flexibility index (Phi) is 3.04. The summed E-state index contributed by atoms with van der Waals surface area (Å²) in [6, 6.07) is 7.58. The Morgan fingerprint density at radius 3 is 3.00 bits per heavy atom. The van der Waals surface area contributed by atoms with Crippen LogP contribution in [0.4, 0.5) is 11.6 Å². The minimum atomic E-state index is -0.166. The molecule has 1 amide bonds. The fraction of sp³-hybridized carbons (Fsp3) is 0.182. The van der Waals surface area contributed by atoms with Crippen LogP contribution in [0.15, 0.2) is 30.6 Å². The fourth-order valence-corrected chi connectivity index (χ4v) is 1.46. The van der Waals surface area contributed by atoms with Crippen LogP contribution in [0, 0.1) is 6.92 Å². The number of aromatic nitrogens is 3. The van der Waals surface area contributed by atoms with Crippen LogP contribution >= 0.6 is 0 Å². The third-order valence-corrected chi connectivity index (χ3v) is 2.16. The maximum Gasteiger partial charge on any atom is 0.246 e. The monoisotopic (exact) mass is 231 g/mol. The summed E-state index contributed by atoms with van der Waals surface area (Å²) in [6.45, 7) is 2.06. The molecule has 6 heteroatoms. The minimum Gasteiger partial charge on any atom is -0.367 e. The largest absolute Gasteiger partial charge is 0.367 e. The molecule has 0 spiro atoms. The second-order valence-electron chi connectivity index (χ2n) is 3.72. The van der Waals surface area contributed by atoms with Crippen molar-refractivity contribution in [2.75, 3.05) is 11.1 Å². The van der Waals surface area contributed by atoms with E-state index in [9.17, 15) is 4.79 Å². The standard InChI is InChI=1S/C11H13N5O/c1-8-3-2-4-9(5-8)14-10(17)6-16-7-13-11(12)15-16/h2-5,7H,6H2,1H3,(H2,12,15)(H,14,17). The summed E-state index contributed by atoms with van der Waals surface area (Å²) in [5.41, 5.74) is 7.21. The predicted molar refractivity (Wildman–Crippen MR) is 64.2 cm³/mol. The Balaban J connectivity index is 1.98. The van der Waals surface area contributed by atoms with Gasteiger partial charge < -0.3 is 11.1 Å². The van der Waals surface area contributed by atoms with E-state index >= 15 is 0 Å². The highest BCUT2D eigenvalue weighted by Gasteiger charge is 2.05. The van der Waals surface area contributed by atoms with Gasteiger partial charge in [-0.2, -0.15) is 0 Å². The van der Waals surface area contributed by atoms with Crippen molar-refractivity contribution in [1.29, 1.82) is 0 Å². The molecule has 2 aromatic rings. The van der Waals surface area contributed by atoms with E-state index in [-0.39, 0.29) is 18.4 Å². The second-order valence-corrected chi connectivity index (χ2v) is 3.72. The van der Waals surface area contributed by atoms with Crippen molar-refractivity contribution >= 4 is 17.5 Å². The van der Waals surface area contributed by atoms with Gasteiger partial charge in [-0.1, -0.05) is 12.1 Å². The number of rotatable bonds is 3. The molecule has 17 heavy (non-hydrogen) atoms. The van der Waals surface area contributed by atoms with Crippen molar-refractivity contribution in [2.24, 2.45) is 0 Å². The molecule has 0 atom stereocenters. The molecule has 0 radical (unpaired) electrons. The van der Waals surface area contributed by atoms with Gasteiger partial charge in [0.1, 0.15) is 12.9 Å². The molecule has 0 bridgehead atoms. The van der Waals surface area contributed by atoms with Crippen LogP contribution in [0.25, 0.3) is 0 Å². The van der Waals surface area contributed by atoms with Crippen LogP contribution in [0.5, 0.6) is 0 Å². The predicted octanol–water partition coefficient (Wildman–Crippen LogP) is 0.807. The maximum atomic E-state index is 11.7. The van der Waals surface area contributed by atoms with Gasteiger partial charge in [0.25, 0.3) is 0 Å². The van der Waals surface area contributed by atoms with Crippen molar-refractivity contribution < 1.29 is 4.79 Å². The maximum absolute atomic E-state index is 11.7. The summed E-state index contributed by atoms with van der Waals surface area (Å²) < 4.78 is 1.39. The summed E-state index contributed by atoms with van der Waals surface area (Å²) in [4.78, 5) is 15.4. The fourth-order valence-electron chi connectivity index (χ4n) is 1.46. The van der Waals surface area contributed by atoms with Crippen LogP contribution in [-0.2, 0) is 11.3 Å². The number of aryl methyl sites for hydroxylation is 1. The first-order valence-corrected chi connectivity index (χ1v) is 5.15. The number of nitrogens with one attached hydrogen (secondary N) is 1. The zero-order valence-corrected chi connectivity index (χ0v) is 9.42. The average Bonchev–Trinajstić information content (AvgIpc) is 2.63. The van der Waals surface area contributed by atoms with Crippen molar-refractivity contribution in [2.45, 2.75) is 13.5 Å². The smallest absolute Gasteiger partial charge is 0.246 e. The van der Waals surface area contributed by atoms with Gasteiger partial charge in [0, 0.05) is 5.69 Å². The van der Waals surface area contributed by atoms with Crippen LogP contribution in [0.2, 0.25) is 0 Å². The minimum absolute atomic E-state index is 0.0954. The van der Waals surface area contributed by atoms with E-state index in [1.54, 1.807) is 0 Å². The van der Waals surface area contributed by atoms with Gasteiger partial charge in [-0.25, -0.2) is 9.67 Å². The van der Waals surface area contributed by atoms with E-state index in [4.69, 9.17) is 5.73 Å². The normalized spacial score (nSPS) is 10.2. The topological polar surface area (TPSA) is 85.8 Å². The lowest BCUT2D eigenvalue weighted by Gasteiger charge is -2.05. The summed E-state index contributed by atoms with van der Waals surface area (Å²) in [5.74, 6) is -0.00569. The highest BCUT2D eigenvalue weighted by molar-refractivity contribution is 5.90. The number of amides is 1. The Morgan fingerprint density at radius 2 is 2.35 bits per heavy atom. The molecule has 0 aliphatic heterocycles. The molecule has 0 aliphatic rings. The molecular formula is C11H13N5O. The molecule has 1 aromatic heterocycles. The first kappa shape index (κ1) is 11.1. The van der Waals surface area contributed by atoms with Crippen LogP contribution in [0.3, 0.4) is 0 Å². The molecule has 6 nitrogen and oxygen atoms in total. The lowest BCUT2D eigenvalue weighted by atomic mass is 10.2. The van der Waals surface area contributed by atoms with E-state index in [1.165, 1.54) is 11.0 Å². The Morgan fingerprint density at radius 1 is 1.53 bits per heavy atom. The van der Waals surface area contributed by atoms with E-state index in [2.05, 4.69) is 15.4 Å². The molecule has 1 heterocycles. The molecule has 3 N–H and O–H groups in total. The number of anilines is 2. The van der Waals surface area contributed by atoms with Gasteiger partial charge in [-0.3, -0.25) is 4.79 Å². The molecule has 1 aromatic carbocycles. The van der Waals surface area contributed by atoms with Gasteiger partial charge in [0.05, 0.1) is 0 Å². The number of hydrogen-bond donors (Lipinski definition) is 2. The van der Waals surface area contributed by atoms with E-state index < -0.39 is 0 Å². The van der Waals surface area contributed by atoms with Gasteiger partial charge in [-0.15, -0.1) is 5.10 Å². The van der Waals surface area contributed by atoms with Gasteiger partial charge >= 0.3 is 0 Å². The van der Waals surface area contributed by atoms with Crippen LogP contribution in [0.1, 0.15) is 5.56 Å². The van der Waals surface area contributed by atoms with Crippen molar-refractivity contribution in [3.05, 3.63) is 36.2 Å². The number of carbonyl (C=O) groups excluding carboxylic acids is 1. The average molecular weight is 231 g/mol. The SMILES string of the molecule is Cc1cccc(NC(=O)Cn2cnc(N)n2)c1. The zero-order valence-electron chi connectivity index (χ0n) is 9.42. The number of nitrogens with two attached hydrogens (primary N) is 1. The highest BCUT2D eigenvalue weighted by atomic mass is 16.2. The first-order chi connectivity index (χ1) is 8.13. The molecule has 0 aliphatic carbocycles. The lowest BCUT2D eigenvalue weighted by molar-refractivity contribution is -0.116. The second kappa shape index (κ2) is 4.65. The zero-order chi connectivity index (χ0) is 12.3. The number of nitrogens with zero attached hydrogens (tertiary/aromatic N) is 3. The van der Waals surface area contributed by atoms with Crippen LogP contribution < -0.4 is 11.1 Å². The molecule has 2 rings (SSSR count). The number of benzene rings is 1. The molecule has 0 unspecified atom stereocenters. The van der Waals surface area contributed by atoms with Gasteiger partial charge in [0.2, 0.25) is 11.9 Å². The lowest BCUT2D eigenvalue weighted by Crippen LogP contribution is -2.19. The summed E-state index contributed by atoms with van der Waals surface area (Å²) in [7, 11) is 0. The quantitative estimate of drug-likeness (QED) is 0.818. The van der Waals surface area contributed by atoms with E-state index in [1.807, 2.05) is 31.2 Å². The van der Waals surface area contributed by atoms with Gasteiger partial charge in [0.15, 0.2) is 0 Å². The van der Waals surface area contributed by atoms with Crippen LogP contribution in [-0.4, -0.2) is 20.7 Å². The highest BCUT2D eigenvalue weighted by Crippen LogP contribution is 2.09. The van der Waals surface area contributed by atoms with Gasteiger partial charge in [-0.05, 0) is 24.6 Å². The summed E-state index contributed by atoms with van der Waals surface area (Å²) >= 11 is 0. The molecule has 88 valence electrons. The third kappa shape index (κ3) is 3.04. The van der Waals surface area contributed by atoms with Crippen molar-refractivity contribution in [3.8, 4) is 0 Å². The Hall–Kier alpha value is -2.37. The first-order valence-electron chi connectivity index (χ1n) is 5.15. The number of carbonyl (C=O) groups is 1.